The van der Waals surface area contributed by atoms with E-state index in [0.29, 0.717) is 0 Å². The van der Waals surface area contributed by atoms with Crippen LogP contribution >= 0.6 is 0 Å². The molecule has 2 nitrogen and oxygen atoms in total. The molecule has 0 aliphatic rings. The van der Waals surface area contributed by atoms with Crippen molar-refractivity contribution in [3.63, 3.8) is 0 Å². The molecule has 0 spiro atoms. The lowest BCUT2D eigenvalue weighted by atomic mass is 9.72. The molecule has 0 radical (unpaired) electrons. The van der Waals surface area contributed by atoms with Crippen LogP contribution in [-0.2, 0) is 0 Å². The maximum atomic E-state index is 4.82. The Labute approximate surface area is 127 Å². The van der Waals surface area contributed by atoms with Crippen LogP contribution < -0.4 is 0 Å². The summed E-state index contributed by atoms with van der Waals surface area (Å²) in [6, 6.07) is 0.449. The summed E-state index contributed by atoms with van der Waals surface area (Å²) in [7, 11) is 0. The molecule has 20 heavy (non-hydrogen) atoms. The van der Waals surface area contributed by atoms with Crippen molar-refractivity contribution in [2.24, 2.45) is 31.9 Å². The third-order valence-corrected chi connectivity index (χ3v) is 3.58. The van der Waals surface area contributed by atoms with Crippen molar-refractivity contribution in [2.45, 2.75) is 95.2 Å². The van der Waals surface area contributed by atoms with E-state index in [4.69, 9.17) is 10.2 Å². The lowest BCUT2D eigenvalue weighted by molar-refractivity contribution is 0.142. The summed E-state index contributed by atoms with van der Waals surface area (Å²) >= 11 is 0. The first-order chi connectivity index (χ1) is 8.47. The zero-order valence-corrected chi connectivity index (χ0v) is 16.0. The van der Waals surface area contributed by atoms with E-state index < -0.39 is 0 Å². The molecular weight excluding hydrogens is 244 g/mol. The quantitative estimate of drug-likeness (QED) is 0.526. The van der Waals surface area contributed by atoms with Gasteiger partial charge in [0.2, 0.25) is 0 Å². The monoisotopic (exact) mass is 282 g/mol. The molecule has 0 saturated carbocycles. The highest BCUT2D eigenvalue weighted by Crippen LogP contribution is 2.40. The molecule has 0 aromatic heterocycles. The number of nitrogens with zero attached hydrogens (tertiary/aromatic N) is 2. The summed E-state index contributed by atoms with van der Waals surface area (Å²) in [5.74, 6) is 0. The molecule has 0 rings (SSSR count). The lowest BCUT2D eigenvalue weighted by Gasteiger charge is -2.40. The molecule has 0 aliphatic carbocycles. The lowest BCUT2D eigenvalue weighted by Crippen LogP contribution is -2.39. The first kappa shape index (κ1) is 19.6. The van der Waals surface area contributed by atoms with E-state index in [1.807, 2.05) is 0 Å². The largest absolute Gasteiger partial charge is 0.189 e. The zero-order chi connectivity index (χ0) is 16.6. The molecule has 0 unspecified atom stereocenters. The van der Waals surface area contributed by atoms with Crippen molar-refractivity contribution in [2.75, 3.05) is 0 Å². The van der Waals surface area contributed by atoms with Crippen LogP contribution in [0.15, 0.2) is 10.2 Å². The van der Waals surface area contributed by atoms with E-state index in [1.165, 1.54) is 0 Å². The van der Waals surface area contributed by atoms with Gasteiger partial charge in [-0.2, -0.15) is 10.2 Å². The Bertz CT molecular complexity index is 264. The minimum atomic E-state index is 0.127. The third-order valence-electron chi connectivity index (χ3n) is 3.58. The molecule has 120 valence electrons. The van der Waals surface area contributed by atoms with Gasteiger partial charge in [-0.15, -0.1) is 0 Å². The van der Waals surface area contributed by atoms with E-state index in [1.54, 1.807) is 0 Å². The summed E-state index contributed by atoms with van der Waals surface area (Å²) in [6.45, 7) is 27.1. The minimum absolute atomic E-state index is 0.127. The second-order valence-electron chi connectivity index (χ2n) is 10.5. The standard InChI is InChI=1S/C18H38N2/c1-15(2,3)13(16(4,5)6)19-20-14(17(7,8)9)18(10,11)12/h13-14H,1-12H3. The zero-order valence-electron chi connectivity index (χ0n) is 16.0. The van der Waals surface area contributed by atoms with Crippen LogP contribution in [0.4, 0.5) is 0 Å². The predicted octanol–water partition coefficient (Wildman–Crippen LogP) is 6.36. The molecule has 0 bridgehead atoms. The van der Waals surface area contributed by atoms with Crippen molar-refractivity contribution < 1.29 is 0 Å². The average Bonchev–Trinajstić information content (AvgIpc) is 2.02. The van der Waals surface area contributed by atoms with Gasteiger partial charge in [0, 0.05) is 0 Å². The van der Waals surface area contributed by atoms with Gasteiger partial charge in [0.25, 0.3) is 0 Å². The van der Waals surface area contributed by atoms with Gasteiger partial charge < -0.3 is 0 Å². The molecule has 0 aromatic rings. The number of hydrogen-bond donors (Lipinski definition) is 0. The molecule has 0 aromatic carbocycles. The Morgan fingerprint density at radius 2 is 0.550 bits per heavy atom. The van der Waals surface area contributed by atoms with Crippen LogP contribution in [0.2, 0.25) is 0 Å². The predicted molar refractivity (Wildman–Crippen MR) is 90.3 cm³/mol. The maximum Gasteiger partial charge on any atom is 0.0804 e. The second kappa shape index (κ2) is 5.77. The first-order valence-electron chi connectivity index (χ1n) is 7.87. The second-order valence-corrected chi connectivity index (χ2v) is 10.5. The highest BCUT2D eigenvalue weighted by molar-refractivity contribution is 4.93. The molecular formula is C18H38N2. The molecule has 0 atom stereocenters. The van der Waals surface area contributed by atoms with Crippen molar-refractivity contribution in [1.29, 1.82) is 0 Å². The van der Waals surface area contributed by atoms with Gasteiger partial charge in [-0.1, -0.05) is 83.1 Å². The summed E-state index contributed by atoms with van der Waals surface area (Å²) < 4.78 is 0. The van der Waals surface area contributed by atoms with Gasteiger partial charge in [0.1, 0.15) is 0 Å². The van der Waals surface area contributed by atoms with Gasteiger partial charge in [-0.3, -0.25) is 0 Å². The van der Waals surface area contributed by atoms with Crippen LogP contribution in [0.25, 0.3) is 0 Å². The fraction of sp³-hybridized carbons (Fsp3) is 1.00. The molecule has 0 saturated heterocycles. The van der Waals surface area contributed by atoms with Gasteiger partial charge in [-0.25, -0.2) is 0 Å². The van der Waals surface area contributed by atoms with E-state index in [9.17, 15) is 0 Å². The summed E-state index contributed by atoms with van der Waals surface area (Å²) in [5.41, 5.74) is 0.508. The highest BCUT2D eigenvalue weighted by Gasteiger charge is 2.38. The van der Waals surface area contributed by atoms with Crippen molar-refractivity contribution in [3.8, 4) is 0 Å². The van der Waals surface area contributed by atoms with E-state index in [0.717, 1.165) is 0 Å². The average molecular weight is 283 g/mol. The summed E-state index contributed by atoms with van der Waals surface area (Å²) in [6.07, 6.45) is 0. The van der Waals surface area contributed by atoms with Crippen LogP contribution in [0.3, 0.4) is 0 Å². The normalized spacial score (nSPS) is 15.7. The smallest absolute Gasteiger partial charge is 0.0804 e. The number of hydrogen-bond acceptors (Lipinski definition) is 2. The molecule has 0 N–H and O–H groups in total. The molecule has 0 heterocycles. The fourth-order valence-electron chi connectivity index (χ4n) is 3.42. The topological polar surface area (TPSA) is 24.7 Å². The van der Waals surface area contributed by atoms with Crippen LogP contribution in [0, 0.1) is 21.7 Å². The fourth-order valence-corrected chi connectivity index (χ4v) is 3.42. The molecule has 0 aliphatic heterocycles. The Kier molecular flexibility index (Phi) is 5.65. The van der Waals surface area contributed by atoms with E-state index in [-0.39, 0.29) is 33.7 Å². The maximum absolute atomic E-state index is 4.82. The van der Waals surface area contributed by atoms with Gasteiger partial charge >= 0.3 is 0 Å². The van der Waals surface area contributed by atoms with Crippen LogP contribution in [-0.4, -0.2) is 12.1 Å². The molecule has 0 amide bonds. The molecule has 2 heteroatoms. The third kappa shape index (κ3) is 5.93. The van der Waals surface area contributed by atoms with Crippen molar-refractivity contribution in [1.82, 2.24) is 0 Å². The minimum Gasteiger partial charge on any atom is -0.189 e. The SMILES string of the molecule is CC(C)(C)C(N=NC(C(C)(C)C)C(C)(C)C)C(C)(C)C. The Balaban J connectivity index is 5.50. The van der Waals surface area contributed by atoms with Crippen LogP contribution in [0.5, 0.6) is 0 Å². The van der Waals surface area contributed by atoms with Gasteiger partial charge in [0.15, 0.2) is 0 Å². The van der Waals surface area contributed by atoms with Crippen LogP contribution in [0.1, 0.15) is 83.1 Å². The Morgan fingerprint density at radius 1 is 0.400 bits per heavy atom. The van der Waals surface area contributed by atoms with E-state index in [2.05, 4.69) is 83.1 Å². The van der Waals surface area contributed by atoms with Crippen molar-refractivity contribution >= 4 is 0 Å². The van der Waals surface area contributed by atoms with E-state index >= 15 is 0 Å². The Hall–Kier alpha value is -0.400. The highest BCUT2D eigenvalue weighted by atomic mass is 15.2. The number of azo groups is 1. The summed E-state index contributed by atoms with van der Waals surface area (Å²) in [4.78, 5) is 0. The van der Waals surface area contributed by atoms with Gasteiger partial charge in [-0.05, 0) is 21.7 Å². The molecule has 0 fully saturated rings. The summed E-state index contributed by atoms with van der Waals surface area (Å²) in [5, 5.41) is 9.65. The Morgan fingerprint density at radius 3 is 0.650 bits per heavy atom. The first-order valence-corrected chi connectivity index (χ1v) is 7.87. The van der Waals surface area contributed by atoms with Crippen molar-refractivity contribution in [3.05, 3.63) is 0 Å². The number of rotatable bonds is 2. The van der Waals surface area contributed by atoms with Gasteiger partial charge in [0.05, 0.1) is 12.1 Å².